The summed E-state index contributed by atoms with van der Waals surface area (Å²) in [5.74, 6) is 0. The third-order valence-electron chi connectivity index (χ3n) is 2.18. The van der Waals surface area contributed by atoms with Crippen molar-refractivity contribution in [2.75, 3.05) is 0 Å². The number of benzene rings is 1. The van der Waals surface area contributed by atoms with Crippen molar-refractivity contribution in [2.45, 2.75) is 26.2 Å². The van der Waals surface area contributed by atoms with Crippen molar-refractivity contribution in [1.82, 2.24) is 0 Å². The molecule has 0 saturated carbocycles. The molecule has 2 nitrogen and oxygen atoms in total. The second kappa shape index (κ2) is 5.39. The highest BCUT2D eigenvalue weighted by Gasteiger charge is 2.07. The number of halogens is 1. The third kappa shape index (κ3) is 2.72. The van der Waals surface area contributed by atoms with Crippen molar-refractivity contribution in [3.05, 3.63) is 33.8 Å². The van der Waals surface area contributed by atoms with E-state index in [9.17, 15) is 0 Å². The quantitative estimate of drug-likeness (QED) is 0.782. The molecule has 76 valence electrons. The van der Waals surface area contributed by atoms with E-state index in [0.29, 0.717) is 10.6 Å². The van der Waals surface area contributed by atoms with E-state index in [4.69, 9.17) is 22.1 Å². The van der Waals surface area contributed by atoms with Crippen molar-refractivity contribution in [3.8, 4) is 12.1 Å². The van der Waals surface area contributed by atoms with E-state index < -0.39 is 0 Å². The highest BCUT2D eigenvalue weighted by atomic mass is 35.5. The lowest BCUT2D eigenvalue weighted by Crippen LogP contribution is -1.94. The van der Waals surface area contributed by atoms with Crippen LogP contribution >= 0.6 is 11.6 Å². The summed E-state index contributed by atoms with van der Waals surface area (Å²) < 4.78 is 0. The molecule has 0 aliphatic heterocycles. The van der Waals surface area contributed by atoms with Crippen molar-refractivity contribution in [3.63, 3.8) is 0 Å². The number of hydrogen-bond acceptors (Lipinski definition) is 2. The lowest BCUT2D eigenvalue weighted by molar-refractivity contribution is 0.917. The molecule has 0 radical (unpaired) electrons. The summed E-state index contributed by atoms with van der Waals surface area (Å²) in [7, 11) is 0. The Bertz CT molecular complexity index is 438. The summed E-state index contributed by atoms with van der Waals surface area (Å²) in [5, 5.41) is 18.1. The molecular weight excluding hydrogens is 208 g/mol. The maximum Gasteiger partial charge on any atom is 0.0994 e. The van der Waals surface area contributed by atoms with Crippen molar-refractivity contribution in [2.24, 2.45) is 0 Å². The van der Waals surface area contributed by atoms with Crippen LogP contribution in [0, 0.1) is 22.7 Å². The fourth-order valence-corrected chi connectivity index (χ4v) is 1.71. The highest BCUT2D eigenvalue weighted by molar-refractivity contribution is 6.31. The van der Waals surface area contributed by atoms with Gasteiger partial charge in [-0.15, -0.1) is 0 Å². The molecule has 0 heterocycles. The zero-order valence-corrected chi connectivity index (χ0v) is 9.30. The van der Waals surface area contributed by atoms with Crippen molar-refractivity contribution < 1.29 is 0 Å². The molecule has 1 rings (SSSR count). The molecule has 0 spiro atoms. The first-order valence-electron chi connectivity index (χ1n) is 4.81. The Balaban J connectivity index is 3.19. The normalized spacial score (nSPS) is 9.33. The van der Waals surface area contributed by atoms with Gasteiger partial charge in [0.15, 0.2) is 0 Å². The fourth-order valence-electron chi connectivity index (χ4n) is 1.46. The van der Waals surface area contributed by atoms with Gasteiger partial charge in [0.25, 0.3) is 0 Å². The van der Waals surface area contributed by atoms with Gasteiger partial charge in [0.2, 0.25) is 0 Å². The summed E-state index contributed by atoms with van der Waals surface area (Å²) in [5.41, 5.74) is 2.33. The van der Waals surface area contributed by atoms with E-state index in [2.05, 4.69) is 13.0 Å². The molecule has 0 fully saturated rings. The Morgan fingerprint density at radius 3 is 2.53 bits per heavy atom. The summed E-state index contributed by atoms with van der Waals surface area (Å²) in [6.07, 6.45) is 2.07. The first-order chi connectivity index (χ1) is 7.22. The molecule has 0 bridgehead atoms. The predicted octanol–water partition coefficient (Wildman–Crippen LogP) is 3.23. The van der Waals surface area contributed by atoms with Gasteiger partial charge in [-0.3, -0.25) is 0 Å². The van der Waals surface area contributed by atoms with Gasteiger partial charge in [0, 0.05) is 5.02 Å². The van der Waals surface area contributed by atoms with Gasteiger partial charge in [-0.05, 0) is 29.7 Å². The Morgan fingerprint density at radius 1 is 1.27 bits per heavy atom. The Morgan fingerprint density at radius 2 is 2.00 bits per heavy atom. The minimum Gasteiger partial charge on any atom is -0.198 e. The number of hydrogen-bond donors (Lipinski definition) is 0. The van der Waals surface area contributed by atoms with E-state index in [0.717, 1.165) is 24.0 Å². The van der Waals surface area contributed by atoms with Gasteiger partial charge >= 0.3 is 0 Å². The third-order valence-corrected chi connectivity index (χ3v) is 2.53. The van der Waals surface area contributed by atoms with Crippen LogP contribution in [0.3, 0.4) is 0 Å². The molecule has 15 heavy (non-hydrogen) atoms. The molecule has 1 aromatic carbocycles. The first kappa shape index (κ1) is 11.6. The Labute approximate surface area is 94.7 Å². The molecule has 1 aromatic rings. The molecule has 0 atom stereocenters. The van der Waals surface area contributed by atoms with E-state index in [1.165, 1.54) is 0 Å². The topological polar surface area (TPSA) is 47.6 Å². The lowest BCUT2D eigenvalue weighted by atomic mass is 10.00. The minimum absolute atomic E-state index is 0.250. The molecule has 0 amide bonds. The lowest BCUT2D eigenvalue weighted by Gasteiger charge is -2.06. The molecule has 0 saturated heterocycles. The first-order valence-corrected chi connectivity index (χ1v) is 5.19. The van der Waals surface area contributed by atoms with Gasteiger partial charge in [-0.2, -0.15) is 10.5 Å². The predicted molar refractivity (Wildman–Crippen MR) is 59.5 cm³/mol. The van der Waals surface area contributed by atoms with Crippen LogP contribution in [0.25, 0.3) is 0 Å². The van der Waals surface area contributed by atoms with Crippen LogP contribution in [0.1, 0.15) is 30.0 Å². The van der Waals surface area contributed by atoms with Crippen LogP contribution < -0.4 is 0 Å². The molecule has 0 aliphatic rings. The monoisotopic (exact) mass is 218 g/mol. The molecule has 0 aromatic heterocycles. The summed E-state index contributed by atoms with van der Waals surface area (Å²) >= 11 is 6.01. The van der Waals surface area contributed by atoms with Gasteiger partial charge in [-0.25, -0.2) is 0 Å². The van der Waals surface area contributed by atoms with Crippen LogP contribution in [-0.2, 0) is 12.8 Å². The Hall–Kier alpha value is -1.51. The molecule has 0 unspecified atom stereocenters. The van der Waals surface area contributed by atoms with E-state index in [-0.39, 0.29) is 6.42 Å². The molecule has 0 N–H and O–H groups in total. The van der Waals surface area contributed by atoms with Crippen LogP contribution in [0.5, 0.6) is 0 Å². The summed E-state index contributed by atoms with van der Waals surface area (Å²) in [6.45, 7) is 2.05. The van der Waals surface area contributed by atoms with Gasteiger partial charge in [-0.1, -0.05) is 24.9 Å². The molecular formula is C12H11ClN2. The number of rotatable bonds is 3. The van der Waals surface area contributed by atoms with Gasteiger partial charge in [0.05, 0.1) is 24.1 Å². The molecule has 0 aliphatic carbocycles. The minimum atomic E-state index is 0.250. The number of aryl methyl sites for hydroxylation is 1. The van der Waals surface area contributed by atoms with Crippen molar-refractivity contribution >= 4 is 11.6 Å². The second-order valence-electron chi connectivity index (χ2n) is 3.30. The van der Waals surface area contributed by atoms with Crippen molar-refractivity contribution in [1.29, 1.82) is 10.5 Å². The molecule has 3 heteroatoms. The fraction of sp³-hybridized carbons (Fsp3) is 0.333. The van der Waals surface area contributed by atoms with Gasteiger partial charge in [0.1, 0.15) is 0 Å². The summed E-state index contributed by atoms with van der Waals surface area (Å²) in [6, 6.07) is 7.69. The zero-order valence-electron chi connectivity index (χ0n) is 8.55. The van der Waals surface area contributed by atoms with Crippen LogP contribution in [-0.4, -0.2) is 0 Å². The largest absolute Gasteiger partial charge is 0.198 e. The maximum absolute atomic E-state index is 8.95. The van der Waals surface area contributed by atoms with E-state index >= 15 is 0 Å². The average molecular weight is 219 g/mol. The second-order valence-corrected chi connectivity index (χ2v) is 3.70. The SMILES string of the molecule is CCCc1cc(Cl)c(CC#N)cc1C#N. The van der Waals surface area contributed by atoms with E-state index in [1.54, 1.807) is 12.1 Å². The van der Waals surface area contributed by atoms with E-state index in [1.807, 2.05) is 6.07 Å². The smallest absolute Gasteiger partial charge is 0.0994 e. The average Bonchev–Trinajstić information content (AvgIpc) is 2.22. The zero-order chi connectivity index (χ0) is 11.3. The maximum atomic E-state index is 8.95. The van der Waals surface area contributed by atoms with Crippen LogP contribution in [0.15, 0.2) is 12.1 Å². The summed E-state index contributed by atoms with van der Waals surface area (Å²) in [4.78, 5) is 0. The number of nitrogens with zero attached hydrogens (tertiary/aromatic N) is 2. The van der Waals surface area contributed by atoms with Crippen LogP contribution in [0.4, 0.5) is 0 Å². The highest BCUT2D eigenvalue weighted by Crippen LogP contribution is 2.22. The number of nitriles is 2. The standard InChI is InChI=1S/C12H11ClN2/c1-2-3-9-7-12(13)10(4-5-14)6-11(9)8-15/h6-7H,2-4H2,1H3. The van der Waals surface area contributed by atoms with Crippen LogP contribution in [0.2, 0.25) is 5.02 Å². The Kier molecular flexibility index (Phi) is 4.16. The van der Waals surface area contributed by atoms with Gasteiger partial charge < -0.3 is 0 Å².